The van der Waals surface area contributed by atoms with Crippen molar-refractivity contribution in [3.63, 3.8) is 0 Å². The van der Waals surface area contributed by atoms with Gasteiger partial charge in [-0.15, -0.1) is 11.3 Å². The van der Waals surface area contributed by atoms with E-state index in [2.05, 4.69) is 5.32 Å². The second-order valence-corrected chi connectivity index (χ2v) is 15.3. The van der Waals surface area contributed by atoms with Crippen LogP contribution < -0.4 is 10.2 Å². The summed E-state index contributed by atoms with van der Waals surface area (Å²) in [6.07, 6.45) is 1.40. The van der Waals surface area contributed by atoms with Crippen molar-refractivity contribution in [3.8, 4) is 11.1 Å². The minimum atomic E-state index is -5.80. The zero-order valence-electron chi connectivity index (χ0n) is 27.2. The van der Waals surface area contributed by atoms with Crippen LogP contribution in [-0.4, -0.2) is 81.5 Å². The highest BCUT2D eigenvalue weighted by Gasteiger charge is 2.50. The number of benzene rings is 3. The van der Waals surface area contributed by atoms with Gasteiger partial charge in [-0.05, 0) is 66.1 Å². The maximum atomic E-state index is 14.4. The van der Waals surface area contributed by atoms with Crippen molar-refractivity contribution in [2.75, 3.05) is 25.0 Å². The molecular formula is C35H35F2N4O7PS. The number of nitrogens with one attached hydrogen (secondary N) is 1. The van der Waals surface area contributed by atoms with Crippen LogP contribution in [0, 0.1) is 0 Å². The van der Waals surface area contributed by atoms with Crippen LogP contribution in [0.15, 0.2) is 78.9 Å². The lowest BCUT2D eigenvalue weighted by atomic mass is 10.1. The van der Waals surface area contributed by atoms with E-state index >= 15 is 0 Å². The number of fused-ring (bicyclic) bond motifs is 2. The molecule has 2 saturated heterocycles. The molecule has 3 aromatic carbocycles. The van der Waals surface area contributed by atoms with Gasteiger partial charge in [0.15, 0.2) is 0 Å². The molecule has 2 aliphatic rings. The lowest BCUT2D eigenvalue weighted by Crippen LogP contribution is -2.61. The van der Waals surface area contributed by atoms with Crippen LogP contribution in [0.3, 0.4) is 0 Å². The van der Waals surface area contributed by atoms with E-state index < -0.39 is 42.7 Å². The largest absolute Gasteiger partial charge is 0.399 e. The van der Waals surface area contributed by atoms with E-state index in [1.807, 2.05) is 54.6 Å². The molecule has 262 valence electrons. The molecule has 2 aliphatic heterocycles. The van der Waals surface area contributed by atoms with Crippen LogP contribution in [0.2, 0.25) is 0 Å². The molecule has 3 N–H and O–H groups in total. The topological polar surface area (TPSA) is 148 Å². The van der Waals surface area contributed by atoms with Gasteiger partial charge in [0.25, 0.3) is 5.91 Å². The number of likely N-dealkylation sites (N-methyl/N-ethyl adjacent to an activating group) is 1. The van der Waals surface area contributed by atoms with Crippen LogP contribution >= 0.6 is 18.9 Å². The van der Waals surface area contributed by atoms with Crippen LogP contribution in [0.1, 0.15) is 41.4 Å². The molecule has 0 bridgehead atoms. The first-order valence-electron chi connectivity index (χ1n) is 15.9. The summed E-state index contributed by atoms with van der Waals surface area (Å²) in [7, 11) is -4.15. The molecule has 0 aliphatic carbocycles. The molecule has 1 unspecified atom stereocenters. The quantitative estimate of drug-likeness (QED) is 0.223. The van der Waals surface area contributed by atoms with Crippen LogP contribution in [0.25, 0.3) is 21.2 Å². The predicted octanol–water partition coefficient (Wildman–Crippen LogP) is 5.17. The molecule has 4 aromatic rings. The van der Waals surface area contributed by atoms with E-state index in [1.165, 1.54) is 28.9 Å². The average Bonchev–Trinajstić information content (AvgIpc) is 3.72. The lowest BCUT2D eigenvalue weighted by molar-refractivity contribution is -0.144. The summed E-state index contributed by atoms with van der Waals surface area (Å²) in [6, 6.07) is 19.3. The molecule has 4 amide bonds. The highest BCUT2D eigenvalue weighted by Crippen LogP contribution is 2.59. The number of halogens is 2. The first-order valence-corrected chi connectivity index (χ1v) is 18.4. The Balaban J connectivity index is 1.23. The van der Waals surface area contributed by atoms with Gasteiger partial charge in [-0.2, -0.15) is 8.78 Å². The van der Waals surface area contributed by atoms with Gasteiger partial charge in [-0.3, -0.25) is 23.7 Å². The van der Waals surface area contributed by atoms with Crippen molar-refractivity contribution >= 4 is 58.3 Å². The van der Waals surface area contributed by atoms with Gasteiger partial charge in [-0.1, -0.05) is 48.5 Å². The molecule has 0 spiro atoms. The normalized spacial score (nSPS) is 19.9. The minimum absolute atomic E-state index is 0.0603. The maximum Gasteiger partial charge on any atom is 0.399 e. The molecule has 2 fully saturated rings. The van der Waals surface area contributed by atoms with Crippen LogP contribution in [-0.2, 0) is 24.6 Å². The predicted molar refractivity (Wildman–Crippen MR) is 185 cm³/mol. The maximum absolute atomic E-state index is 14.4. The second-order valence-electron chi connectivity index (χ2n) is 12.5. The van der Waals surface area contributed by atoms with Gasteiger partial charge < -0.3 is 29.8 Å². The Kier molecular flexibility index (Phi) is 9.66. The molecule has 3 atom stereocenters. The van der Waals surface area contributed by atoms with Gasteiger partial charge in [0.1, 0.15) is 12.1 Å². The Morgan fingerprint density at radius 3 is 2.30 bits per heavy atom. The molecule has 0 radical (unpaired) electrons. The Labute approximate surface area is 290 Å². The summed E-state index contributed by atoms with van der Waals surface area (Å²) >= 11 is 0.947. The number of carbonyl (C=O) groups is 4. The van der Waals surface area contributed by atoms with Gasteiger partial charge in [0, 0.05) is 49.1 Å². The lowest BCUT2D eigenvalue weighted by Gasteiger charge is -2.39. The van der Waals surface area contributed by atoms with E-state index in [4.69, 9.17) is 9.79 Å². The molecule has 15 heteroatoms. The van der Waals surface area contributed by atoms with Crippen LogP contribution in [0.5, 0.6) is 0 Å². The van der Waals surface area contributed by atoms with Crippen LogP contribution in [0.4, 0.5) is 14.5 Å². The zero-order valence-corrected chi connectivity index (χ0v) is 28.9. The summed E-state index contributed by atoms with van der Waals surface area (Å²) in [5, 5.41) is 2.87. The fourth-order valence-electron chi connectivity index (χ4n) is 6.61. The van der Waals surface area contributed by atoms with E-state index in [0.717, 1.165) is 34.6 Å². The Hall–Kier alpha value is -4.49. The zero-order chi connectivity index (χ0) is 36.0. The Morgan fingerprint density at radius 2 is 1.64 bits per heavy atom. The number of alkyl halides is 2. The Bertz CT molecular complexity index is 2000. The third kappa shape index (κ3) is 6.80. The highest BCUT2D eigenvalue weighted by atomic mass is 32.1. The van der Waals surface area contributed by atoms with E-state index in [1.54, 1.807) is 11.9 Å². The van der Waals surface area contributed by atoms with Gasteiger partial charge >= 0.3 is 13.3 Å². The summed E-state index contributed by atoms with van der Waals surface area (Å²) in [5.74, 6) is -1.78. The fraction of sp³-hybridized carbons (Fsp3) is 0.314. The molecule has 11 nitrogen and oxygen atoms in total. The second kappa shape index (κ2) is 13.7. The number of nitrogens with zero attached hydrogens (tertiary/aromatic N) is 3. The standard InChI is InChI=1S/C35H35F2N4O7PS/c1-21(42)40-17-16-27-13-14-29(34(45)39(2)26-11-8-23(9-12-26)22-6-4-3-5-7-22)41(27)33(44)28(20-40)38-32(43)31-19-24-18-25(10-15-30(24)50-31)35(36,37)49(46,47)48/h3-12,15,18-19,27-29H,13-14,16-17,20H2,1-2H3,(H,38,43)(H2,46,47,48)/t27-,28?,29+/m1/s1. The first kappa shape index (κ1) is 35.3. The monoisotopic (exact) mass is 724 g/mol. The minimum Gasteiger partial charge on any atom is -0.340 e. The number of anilines is 1. The summed E-state index contributed by atoms with van der Waals surface area (Å²) in [6.45, 7) is 1.55. The summed E-state index contributed by atoms with van der Waals surface area (Å²) in [5.41, 5.74) is -2.65. The van der Waals surface area contributed by atoms with Gasteiger partial charge in [0.2, 0.25) is 17.7 Å². The van der Waals surface area contributed by atoms with E-state index in [0.29, 0.717) is 36.2 Å². The molecule has 50 heavy (non-hydrogen) atoms. The Morgan fingerprint density at radius 1 is 0.960 bits per heavy atom. The van der Waals surface area contributed by atoms with Gasteiger partial charge in [-0.25, -0.2) is 0 Å². The number of carbonyl (C=O) groups excluding carboxylic acids is 4. The number of hydrogen-bond donors (Lipinski definition) is 3. The van der Waals surface area contributed by atoms with Crippen molar-refractivity contribution in [2.24, 2.45) is 0 Å². The average molecular weight is 725 g/mol. The van der Waals surface area contributed by atoms with Crippen molar-refractivity contribution in [2.45, 2.75) is 50.0 Å². The fourth-order valence-corrected chi connectivity index (χ4v) is 8.03. The summed E-state index contributed by atoms with van der Waals surface area (Å²) < 4.78 is 40.5. The molecule has 1 aromatic heterocycles. The van der Waals surface area contributed by atoms with Crippen molar-refractivity contribution in [1.82, 2.24) is 15.1 Å². The third-order valence-electron chi connectivity index (χ3n) is 9.37. The van der Waals surface area contributed by atoms with Crippen molar-refractivity contribution < 1.29 is 42.3 Å². The smallest absolute Gasteiger partial charge is 0.340 e. The van der Waals surface area contributed by atoms with Gasteiger partial charge in [0.05, 0.1) is 4.88 Å². The van der Waals surface area contributed by atoms with E-state index in [9.17, 15) is 32.5 Å². The SMILES string of the molecule is CC(=O)N1CC[C@H]2CC[C@@H](C(=O)N(C)c3ccc(-c4ccccc4)cc3)N2C(=O)C(NC(=O)c2cc3cc(C(F)(F)P(=O)(O)O)ccc3s2)C1. The van der Waals surface area contributed by atoms with Crippen molar-refractivity contribution in [1.29, 1.82) is 0 Å². The molecule has 6 rings (SSSR count). The number of amides is 4. The third-order valence-corrected chi connectivity index (χ3v) is 11.5. The first-order chi connectivity index (χ1) is 23.7. The summed E-state index contributed by atoms with van der Waals surface area (Å²) in [4.78, 5) is 77.2. The highest BCUT2D eigenvalue weighted by molar-refractivity contribution is 7.52. The number of rotatable bonds is 7. The molecule has 0 saturated carbocycles. The van der Waals surface area contributed by atoms with Crippen molar-refractivity contribution in [3.05, 3.63) is 89.3 Å². The number of thiophene rings is 1. The molecular weight excluding hydrogens is 689 g/mol. The van der Waals surface area contributed by atoms with E-state index in [-0.39, 0.29) is 34.7 Å². The number of hydrogen-bond acceptors (Lipinski definition) is 6. The molecule has 3 heterocycles.